The second-order valence-corrected chi connectivity index (χ2v) is 8.39. The Morgan fingerprint density at radius 1 is 1.08 bits per heavy atom. The molecule has 0 aliphatic carbocycles. The van der Waals surface area contributed by atoms with Crippen molar-refractivity contribution < 1.29 is 9.59 Å². The molecule has 0 bridgehead atoms. The summed E-state index contributed by atoms with van der Waals surface area (Å²) in [6.07, 6.45) is 0. The lowest BCUT2D eigenvalue weighted by atomic mass is 10.1. The average molecular weight is 406 g/mol. The third-order valence-corrected chi connectivity index (χ3v) is 5.50. The van der Waals surface area contributed by atoms with Gasteiger partial charge in [-0.15, -0.1) is 22.7 Å². The number of anilines is 2. The van der Waals surface area contributed by atoms with Crippen LogP contribution in [0.1, 0.15) is 24.2 Å². The Balaban J connectivity index is 1.65. The molecule has 0 aliphatic rings. The normalized spacial score (nSPS) is 10.8. The van der Waals surface area contributed by atoms with Gasteiger partial charge in [0.2, 0.25) is 5.91 Å². The third kappa shape index (κ3) is 4.49. The van der Waals surface area contributed by atoms with Crippen molar-refractivity contribution in [1.82, 2.24) is 4.98 Å². The minimum Gasteiger partial charge on any atom is -0.326 e. The molecular weight excluding hydrogens is 390 g/mol. The number of benzene rings is 1. The molecule has 0 saturated carbocycles. The number of thiazole rings is 1. The maximum absolute atomic E-state index is 12.4. The van der Waals surface area contributed by atoms with Gasteiger partial charge >= 0.3 is 0 Å². The van der Waals surface area contributed by atoms with E-state index in [1.807, 2.05) is 31.4 Å². The van der Waals surface area contributed by atoms with E-state index in [0.29, 0.717) is 20.7 Å². The Hall–Kier alpha value is -2.22. The first-order valence-electron chi connectivity index (χ1n) is 7.86. The van der Waals surface area contributed by atoms with Gasteiger partial charge in [-0.05, 0) is 36.4 Å². The van der Waals surface area contributed by atoms with Crippen LogP contribution in [0.25, 0.3) is 10.6 Å². The zero-order valence-corrected chi connectivity index (χ0v) is 16.5. The number of thiophene rings is 1. The van der Waals surface area contributed by atoms with Crippen LogP contribution in [0.5, 0.6) is 0 Å². The summed E-state index contributed by atoms with van der Waals surface area (Å²) in [7, 11) is 0. The highest BCUT2D eigenvalue weighted by molar-refractivity contribution is 7.20. The van der Waals surface area contributed by atoms with Gasteiger partial charge in [0, 0.05) is 22.5 Å². The first-order valence-corrected chi connectivity index (χ1v) is 9.93. The van der Waals surface area contributed by atoms with Gasteiger partial charge in [-0.2, -0.15) is 0 Å². The predicted octanol–water partition coefficient (Wildman–Crippen LogP) is 5.37. The predicted molar refractivity (Wildman–Crippen MR) is 108 cm³/mol. The Kier molecular flexibility index (Phi) is 5.70. The molecule has 0 unspecified atom stereocenters. The molecule has 2 aromatic heterocycles. The highest BCUT2D eigenvalue weighted by Gasteiger charge is 2.12. The summed E-state index contributed by atoms with van der Waals surface area (Å²) in [4.78, 5) is 29.4. The number of amides is 2. The van der Waals surface area contributed by atoms with Crippen LogP contribution in [0, 0.1) is 5.92 Å². The van der Waals surface area contributed by atoms with E-state index < -0.39 is 0 Å². The van der Waals surface area contributed by atoms with E-state index in [-0.39, 0.29) is 17.7 Å². The smallest absolute Gasteiger partial charge is 0.257 e. The number of carbonyl (C=O) groups is 2. The van der Waals surface area contributed by atoms with E-state index in [1.165, 1.54) is 22.7 Å². The quantitative estimate of drug-likeness (QED) is 0.599. The summed E-state index contributed by atoms with van der Waals surface area (Å²) in [6.45, 7) is 3.65. The van der Waals surface area contributed by atoms with E-state index in [2.05, 4.69) is 15.6 Å². The molecule has 3 aromatic rings. The van der Waals surface area contributed by atoms with Crippen molar-refractivity contribution in [1.29, 1.82) is 0 Å². The molecule has 8 heteroatoms. The number of hydrogen-bond donors (Lipinski definition) is 2. The Bertz CT molecular complexity index is 932. The van der Waals surface area contributed by atoms with Crippen LogP contribution in [-0.2, 0) is 4.79 Å². The second kappa shape index (κ2) is 7.99. The van der Waals surface area contributed by atoms with Crippen molar-refractivity contribution in [3.05, 3.63) is 51.7 Å². The first kappa shape index (κ1) is 18.6. The topological polar surface area (TPSA) is 71.1 Å². The van der Waals surface area contributed by atoms with Gasteiger partial charge in [-0.25, -0.2) is 4.98 Å². The number of nitrogens with one attached hydrogen (secondary N) is 2. The van der Waals surface area contributed by atoms with Crippen molar-refractivity contribution in [2.45, 2.75) is 13.8 Å². The van der Waals surface area contributed by atoms with Gasteiger partial charge in [-0.1, -0.05) is 25.4 Å². The molecule has 0 aliphatic heterocycles. The number of nitrogens with zero attached hydrogens (tertiary/aromatic N) is 1. The van der Waals surface area contributed by atoms with Crippen LogP contribution in [0.2, 0.25) is 4.34 Å². The van der Waals surface area contributed by atoms with Gasteiger partial charge in [-0.3, -0.25) is 14.9 Å². The lowest BCUT2D eigenvalue weighted by Crippen LogP contribution is -2.18. The molecule has 2 heterocycles. The molecule has 2 N–H and O–H groups in total. The fourth-order valence-electron chi connectivity index (χ4n) is 2.06. The SMILES string of the molecule is CC(C)C(=O)Nc1ccc(C(=O)Nc2nc(-c3ccc(Cl)s3)cs2)cc1. The molecule has 5 nitrogen and oxygen atoms in total. The van der Waals surface area contributed by atoms with Crippen LogP contribution in [0.3, 0.4) is 0 Å². The first-order chi connectivity index (χ1) is 12.4. The summed E-state index contributed by atoms with van der Waals surface area (Å²) in [5.41, 5.74) is 1.93. The number of hydrogen-bond acceptors (Lipinski definition) is 5. The molecule has 2 amide bonds. The van der Waals surface area contributed by atoms with Crippen molar-refractivity contribution in [2.24, 2.45) is 5.92 Å². The molecule has 1 aromatic carbocycles. The number of carbonyl (C=O) groups excluding carboxylic acids is 2. The molecule has 0 atom stereocenters. The third-order valence-electron chi connectivity index (χ3n) is 3.49. The Morgan fingerprint density at radius 3 is 2.42 bits per heavy atom. The van der Waals surface area contributed by atoms with Crippen LogP contribution < -0.4 is 10.6 Å². The fourth-order valence-corrected chi connectivity index (χ4v) is 3.84. The van der Waals surface area contributed by atoms with Crippen molar-refractivity contribution >= 4 is 56.9 Å². The van der Waals surface area contributed by atoms with Crippen LogP contribution in [0.15, 0.2) is 41.8 Å². The zero-order valence-electron chi connectivity index (χ0n) is 14.1. The standard InChI is InChI=1S/C18H16ClN3O2S2/c1-10(2)16(23)20-12-5-3-11(4-6-12)17(24)22-18-21-13(9-25-18)14-7-8-15(19)26-14/h3-10H,1-2H3,(H,20,23)(H,21,22,24). The number of halogens is 1. The fraction of sp³-hybridized carbons (Fsp3) is 0.167. The van der Waals surface area contributed by atoms with E-state index in [9.17, 15) is 9.59 Å². The lowest BCUT2D eigenvalue weighted by molar-refractivity contribution is -0.118. The molecule has 0 saturated heterocycles. The highest BCUT2D eigenvalue weighted by atomic mass is 35.5. The van der Waals surface area contributed by atoms with Crippen molar-refractivity contribution in [3.8, 4) is 10.6 Å². The summed E-state index contributed by atoms with van der Waals surface area (Å²) in [5.74, 6) is -0.418. The van der Waals surface area contributed by atoms with Crippen molar-refractivity contribution in [2.75, 3.05) is 10.6 Å². The molecule has 0 fully saturated rings. The van der Waals surface area contributed by atoms with E-state index in [4.69, 9.17) is 11.6 Å². The maximum atomic E-state index is 12.4. The van der Waals surface area contributed by atoms with Gasteiger partial charge in [0.05, 0.1) is 14.9 Å². The summed E-state index contributed by atoms with van der Waals surface area (Å²) >= 11 is 8.74. The average Bonchev–Trinajstić information content (AvgIpc) is 3.24. The van der Waals surface area contributed by atoms with Crippen LogP contribution >= 0.6 is 34.3 Å². The summed E-state index contributed by atoms with van der Waals surface area (Å²) < 4.78 is 0.697. The minimum absolute atomic E-state index is 0.0637. The summed E-state index contributed by atoms with van der Waals surface area (Å²) in [5, 5.41) is 7.97. The van der Waals surface area contributed by atoms with E-state index in [1.54, 1.807) is 24.3 Å². The molecule has 134 valence electrons. The number of rotatable bonds is 5. The molecule has 3 rings (SSSR count). The van der Waals surface area contributed by atoms with Gasteiger partial charge in [0.25, 0.3) is 5.91 Å². The lowest BCUT2D eigenvalue weighted by Gasteiger charge is -2.08. The second-order valence-electron chi connectivity index (χ2n) is 5.82. The monoisotopic (exact) mass is 405 g/mol. The van der Waals surface area contributed by atoms with Crippen LogP contribution in [0.4, 0.5) is 10.8 Å². The van der Waals surface area contributed by atoms with Crippen molar-refractivity contribution in [3.63, 3.8) is 0 Å². The molecule has 0 spiro atoms. The number of aromatic nitrogens is 1. The molecular formula is C18H16ClN3O2S2. The van der Waals surface area contributed by atoms with Crippen LogP contribution in [-0.4, -0.2) is 16.8 Å². The summed E-state index contributed by atoms with van der Waals surface area (Å²) in [6, 6.07) is 10.5. The Morgan fingerprint density at radius 2 is 1.81 bits per heavy atom. The van der Waals surface area contributed by atoms with E-state index in [0.717, 1.165) is 10.6 Å². The Labute approximate surface area is 164 Å². The van der Waals surface area contributed by atoms with Gasteiger partial charge in [0.15, 0.2) is 5.13 Å². The van der Waals surface area contributed by atoms with Gasteiger partial charge in [0.1, 0.15) is 0 Å². The highest BCUT2D eigenvalue weighted by Crippen LogP contribution is 2.32. The largest absolute Gasteiger partial charge is 0.326 e. The molecule has 0 radical (unpaired) electrons. The zero-order chi connectivity index (χ0) is 18.7. The minimum atomic E-state index is -0.253. The van der Waals surface area contributed by atoms with Gasteiger partial charge < -0.3 is 5.32 Å². The molecule has 26 heavy (non-hydrogen) atoms. The van der Waals surface area contributed by atoms with E-state index >= 15 is 0 Å². The maximum Gasteiger partial charge on any atom is 0.257 e.